The zero-order valence-corrected chi connectivity index (χ0v) is 5.82. The van der Waals surface area contributed by atoms with Crippen molar-refractivity contribution in [3.8, 4) is 6.19 Å². The van der Waals surface area contributed by atoms with Gasteiger partial charge in [-0.1, -0.05) is 0 Å². The van der Waals surface area contributed by atoms with E-state index in [1.807, 2.05) is 6.19 Å². The Morgan fingerprint density at radius 3 is 2.30 bits per heavy atom. The van der Waals surface area contributed by atoms with E-state index in [1.165, 1.54) is 4.90 Å². The molecule has 0 amide bonds. The quantitative estimate of drug-likeness (QED) is 0.389. The first kappa shape index (κ1) is 9.21. The van der Waals surface area contributed by atoms with Crippen LogP contribution < -0.4 is 0 Å². The molecule has 0 fully saturated rings. The van der Waals surface area contributed by atoms with Crippen molar-refractivity contribution < 1.29 is 10.2 Å². The summed E-state index contributed by atoms with van der Waals surface area (Å²) in [6, 6.07) is 0. The molecule has 0 aromatic rings. The molecule has 0 spiro atoms. The van der Waals surface area contributed by atoms with Gasteiger partial charge in [-0.15, -0.1) is 0 Å². The molecule has 4 heteroatoms. The fourth-order valence-corrected chi connectivity index (χ4v) is 0.594. The van der Waals surface area contributed by atoms with E-state index in [2.05, 4.69) is 0 Å². The molecule has 0 aliphatic heterocycles. The van der Waals surface area contributed by atoms with Crippen LogP contribution in [0.4, 0.5) is 0 Å². The van der Waals surface area contributed by atoms with Crippen molar-refractivity contribution in [3.05, 3.63) is 0 Å². The maximum Gasteiger partial charge on any atom is 0.179 e. The number of rotatable bonds is 5. The van der Waals surface area contributed by atoms with Gasteiger partial charge in [0.25, 0.3) is 0 Å². The van der Waals surface area contributed by atoms with E-state index in [-0.39, 0.29) is 13.2 Å². The smallest absolute Gasteiger partial charge is 0.179 e. The summed E-state index contributed by atoms with van der Waals surface area (Å²) in [4.78, 5) is 1.41. The molecule has 0 rings (SSSR count). The normalized spacial score (nSPS) is 8.90. The van der Waals surface area contributed by atoms with Crippen molar-refractivity contribution in [2.45, 2.75) is 6.42 Å². The standard InChI is InChI=1S/C6H12N2O2/c7-6-8(3-5-10)2-1-4-9/h9-10H,1-5H2. The maximum atomic E-state index is 8.41. The zero-order valence-electron chi connectivity index (χ0n) is 5.82. The second-order valence-corrected chi connectivity index (χ2v) is 1.89. The highest BCUT2D eigenvalue weighted by Gasteiger charge is 1.97. The van der Waals surface area contributed by atoms with Gasteiger partial charge in [0.05, 0.1) is 13.2 Å². The molecule has 0 radical (unpaired) electrons. The topological polar surface area (TPSA) is 67.5 Å². The fourth-order valence-electron chi connectivity index (χ4n) is 0.594. The van der Waals surface area contributed by atoms with Gasteiger partial charge in [0.2, 0.25) is 0 Å². The third-order valence-corrected chi connectivity index (χ3v) is 1.10. The molecule has 0 aliphatic carbocycles. The number of nitrogens with zero attached hydrogens (tertiary/aromatic N) is 2. The first-order chi connectivity index (χ1) is 4.85. The molecule has 10 heavy (non-hydrogen) atoms. The molecule has 58 valence electrons. The molecule has 0 aromatic carbocycles. The third kappa shape index (κ3) is 4.13. The molecule has 0 unspecified atom stereocenters. The second-order valence-electron chi connectivity index (χ2n) is 1.89. The van der Waals surface area contributed by atoms with Crippen LogP contribution in [0.3, 0.4) is 0 Å². The SMILES string of the molecule is N#CN(CCO)CCCO. The second kappa shape index (κ2) is 6.33. The van der Waals surface area contributed by atoms with Crippen LogP contribution in [0.1, 0.15) is 6.42 Å². The highest BCUT2D eigenvalue weighted by molar-refractivity contribution is 4.72. The zero-order chi connectivity index (χ0) is 7.82. The Morgan fingerprint density at radius 2 is 1.90 bits per heavy atom. The van der Waals surface area contributed by atoms with E-state index in [9.17, 15) is 0 Å². The first-order valence-corrected chi connectivity index (χ1v) is 3.21. The summed E-state index contributed by atoms with van der Waals surface area (Å²) in [5.74, 6) is 0. The van der Waals surface area contributed by atoms with Gasteiger partial charge in [-0.05, 0) is 6.42 Å². The van der Waals surface area contributed by atoms with Crippen LogP contribution in [0, 0.1) is 11.5 Å². The molecule has 0 saturated carbocycles. The van der Waals surface area contributed by atoms with Crippen LogP contribution in [0.25, 0.3) is 0 Å². The molecule has 0 saturated heterocycles. The molecular weight excluding hydrogens is 132 g/mol. The molecule has 0 bridgehead atoms. The third-order valence-electron chi connectivity index (χ3n) is 1.10. The Morgan fingerprint density at radius 1 is 1.20 bits per heavy atom. The predicted octanol–water partition coefficient (Wildman–Crippen LogP) is -0.856. The van der Waals surface area contributed by atoms with Crippen LogP contribution in [0.15, 0.2) is 0 Å². The Hall–Kier alpha value is -0.790. The summed E-state index contributed by atoms with van der Waals surface area (Å²) in [6.07, 6.45) is 2.48. The lowest BCUT2D eigenvalue weighted by Gasteiger charge is -2.11. The van der Waals surface area contributed by atoms with Crippen molar-refractivity contribution in [1.29, 1.82) is 5.26 Å². The summed E-state index contributed by atoms with van der Waals surface area (Å²) < 4.78 is 0. The predicted molar refractivity (Wildman–Crippen MR) is 36.0 cm³/mol. The summed E-state index contributed by atoms with van der Waals surface area (Å²) in [7, 11) is 0. The van der Waals surface area contributed by atoms with Crippen LogP contribution >= 0.6 is 0 Å². The minimum absolute atomic E-state index is 0.0149. The monoisotopic (exact) mass is 144 g/mol. The average molecular weight is 144 g/mol. The highest BCUT2D eigenvalue weighted by Crippen LogP contribution is 1.86. The van der Waals surface area contributed by atoms with Gasteiger partial charge in [0.1, 0.15) is 0 Å². The van der Waals surface area contributed by atoms with E-state index in [0.29, 0.717) is 19.5 Å². The van der Waals surface area contributed by atoms with Crippen LogP contribution in [-0.2, 0) is 0 Å². The van der Waals surface area contributed by atoms with Crippen molar-refractivity contribution in [2.75, 3.05) is 26.3 Å². The lowest BCUT2D eigenvalue weighted by molar-refractivity contribution is 0.222. The van der Waals surface area contributed by atoms with Crippen LogP contribution in [0.5, 0.6) is 0 Å². The van der Waals surface area contributed by atoms with E-state index in [4.69, 9.17) is 15.5 Å². The van der Waals surface area contributed by atoms with Crippen molar-refractivity contribution in [3.63, 3.8) is 0 Å². The summed E-state index contributed by atoms with van der Waals surface area (Å²) in [5.41, 5.74) is 0. The van der Waals surface area contributed by atoms with E-state index in [0.717, 1.165) is 0 Å². The van der Waals surface area contributed by atoms with Crippen molar-refractivity contribution in [2.24, 2.45) is 0 Å². The van der Waals surface area contributed by atoms with E-state index < -0.39 is 0 Å². The average Bonchev–Trinajstić information content (AvgIpc) is 1.98. The summed E-state index contributed by atoms with van der Waals surface area (Å²) in [6.45, 7) is 0.951. The van der Waals surface area contributed by atoms with Crippen LogP contribution in [0.2, 0.25) is 0 Å². The largest absolute Gasteiger partial charge is 0.396 e. The molecule has 0 atom stereocenters. The Balaban J connectivity index is 3.33. The van der Waals surface area contributed by atoms with Crippen LogP contribution in [-0.4, -0.2) is 41.4 Å². The molecular formula is C6H12N2O2. The van der Waals surface area contributed by atoms with Gasteiger partial charge >= 0.3 is 0 Å². The number of aliphatic hydroxyl groups is 2. The molecule has 0 heterocycles. The Labute approximate surface area is 60.3 Å². The Kier molecular flexibility index (Phi) is 5.83. The summed E-state index contributed by atoms with van der Waals surface area (Å²) >= 11 is 0. The summed E-state index contributed by atoms with van der Waals surface area (Å²) in [5, 5.41) is 25.2. The first-order valence-electron chi connectivity index (χ1n) is 3.21. The van der Waals surface area contributed by atoms with Crippen molar-refractivity contribution >= 4 is 0 Å². The van der Waals surface area contributed by atoms with Gasteiger partial charge < -0.3 is 15.1 Å². The fraction of sp³-hybridized carbons (Fsp3) is 0.833. The Bertz CT molecular complexity index is 111. The highest BCUT2D eigenvalue weighted by atomic mass is 16.3. The lowest BCUT2D eigenvalue weighted by atomic mass is 10.4. The number of hydrogen-bond donors (Lipinski definition) is 2. The minimum Gasteiger partial charge on any atom is -0.396 e. The molecule has 4 nitrogen and oxygen atoms in total. The van der Waals surface area contributed by atoms with Crippen molar-refractivity contribution in [1.82, 2.24) is 4.90 Å². The van der Waals surface area contributed by atoms with E-state index in [1.54, 1.807) is 0 Å². The molecule has 2 N–H and O–H groups in total. The maximum absolute atomic E-state index is 8.41. The van der Waals surface area contributed by atoms with Gasteiger partial charge in [0, 0.05) is 13.2 Å². The number of aliphatic hydroxyl groups excluding tert-OH is 2. The van der Waals surface area contributed by atoms with Gasteiger partial charge in [-0.25, -0.2) is 0 Å². The van der Waals surface area contributed by atoms with E-state index >= 15 is 0 Å². The van der Waals surface area contributed by atoms with Gasteiger partial charge in [0.15, 0.2) is 6.19 Å². The minimum atomic E-state index is -0.0149. The molecule has 0 aromatic heterocycles. The lowest BCUT2D eigenvalue weighted by Crippen LogP contribution is -2.23. The van der Waals surface area contributed by atoms with Gasteiger partial charge in [-0.2, -0.15) is 5.26 Å². The van der Waals surface area contributed by atoms with Gasteiger partial charge in [-0.3, -0.25) is 0 Å². The molecule has 0 aliphatic rings. The number of nitriles is 1. The number of hydrogen-bond acceptors (Lipinski definition) is 4.